The molecular weight excluding hydrogens is 460 g/mol. The molecular formula is C28H42N2O6. The number of oxime groups is 1. The lowest BCUT2D eigenvalue weighted by Crippen LogP contribution is -2.57. The van der Waals surface area contributed by atoms with Gasteiger partial charge < -0.3 is 20.4 Å². The molecule has 0 bridgehead atoms. The number of Topliss-reactive ketones (excluding diaryl/α,β-unsaturated/α-hetero) is 1. The van der Waals surface area contributed by atoms with Crippen molar-refractivity contribution in [3.63, 3.8) is 0 Å². The van der Waals surface area contributed by atoms with Crippen molar-refractivity contribution in [2.75, 3.05) is 6.61 Å². The first kappa shape index (κ1) is 26.8. The third kappa shape index (κ3) is 4.29. The van der Waals surface area contributed by atoms with E-state index >= 15 is 0 Å². The molecule has 4 aliphatic rings. The van der Waals surface area contributed by atoms with Gasteiger partial charge in [0.25, 0.3) is 5.91 Å². The van der Waals surface area contributed by atoms with Crippen molar-refractivity contribution < 1.29 is 29.4 Å². The average Bonchev–Trinajstić information content (AvgIpc) is 3.09. The van der Waals surface area contributed by atoms with Gasteiger partial charge in [-0.2, -0.15) is 0 Å². The van der Waals surface area contributed by atoms with Crippen LogP contribution < -0.4 is 5.32 Å². The lowest BCUT2D eigenvalue weighted by atomic mass is 9.46. The van der Waals surface area contributed by atoms with Gasteiger partial charge >= 0.3 is 5.97 Å². The van der Waals surface area contributed by atoms with Gasteiger partial charge in [-0.05, 0) is 93.5 Å². The maximum atomic E-state index is 12.4. The topological polar surface area (TPSA) is 125 Å². The molecule has 0 radical (unpaired) electrons. The molecule has 0 aromatic carbocycles. The zero-order valence-electron chi connectivity index (χ0n) is 22.3. The summed E-state index contributed by atoms with van der Waals surface area (Å²) in [4.78, 5) is 41.1. The van der Waals surface area contributed by atoms with Gasteiger partial charge in [0, 0.05) is 5.41 Å². The van der Waals surface area contributed by atoms with Gasteiger partial charge in [-0.25, -0.2) is 4.79 Å². The van der Waals surface area contributed by atoms with Crippen LogP contribution in [0.25, 0.3) is 0 Å². The third-order valence-corrected chi connectivity index (χ3v) is 10.3. The number of ketones is 1. The van der Waals surface area contributed by atoms with E-state index in [1.807, 2.05) is 0 Å². The van der Waals surface area contributed by atoms with Crippen molar-refractivity contribution in [3.05, 3.63) is 11.6 Å². The number of amides is 1. The predicted molar refractivity (Wildman–Crippen MR) is 135 cm³/mol. The van der Waals surface area contributed by atoms with Crippen molar-refractivity contribution in [2.24, 2.45) is 39.7 Å². The Morgan fingerprint density at radius 2 is 1.81 bits per heavy atom. The first-order chi connectivity index (χ1) is 16.8. The summed E-state index contributed by atoms with van der Waals surface area (Å²) >= 11 is 0. The molecule has 0 unspecified atom stereocenters. The van der Waals surface area contributed by atoms with Crippen molar-refractivity contribution in [1.82, 2.24) is 5.32 Å². The van der Waals surface area contributed by atoms with Crippen LogP contribution in [0.1, 0.15) is 86.0 Å². The van der Waals surface area contributed by atoms with Gasteiger partial charge in [0.2, 0.25) is 0 Å². The van der Waals surface area contributed by atoms with Crippen LogP contribution in [0.3, 0.4) is 0 Å². The SMILES string of the molecule is CC(=O)[C@]1(O)CC[C@@H]2[C@H]3CCC4=C/C(=N\OCC(=O)N[C@@H](C(=O)O)C(C)C)CC[C@]4(C)[C@@H]3CC[C@]21C. The molecule has 0 heterocycles. The standard InChI is InChI=1S/C28H42N2O6/c1-16(2)24(25(33)34)29-23(32)15-36-30-19-8-11-26(4)18(14-19)6-7-20-21(26)9-12-27(5)22(20)10-13-28(27,35)17(3)31/h14,16,20-22,24,35H,6-13,15H2,1-5H3,(H,29,32)(H,33,34)/b30-19-/t20-,21+,22+,24+,26-,27+,28+/m0/s1. The number of carboxylic acid groups (broad SMARTS) is 1. The number of aliphatic hydroxyl groups is 1. The summed E-state index contributed by atoms with van der Waals surface area (Å²) in [5.74, 6) is -0.455. The van der Waals surface area contributed by atoms with E-state index in [2.05, 4.69) is 30.4 Å². The summed E-state index contributed by atoms with van der Waals surface area (Å²) in [6, 6.07) is -0.954. The minimum Gasteiger partial charge on any atom is -0.480 e. The molecule has 200 valence electrons. The highest BCUT2D eigenvalue weighted by molar-refractivity contribution is 5.96. The monoisotopic (exact) mass is 502 g/mol. The molecule has 8 nitrogen and oxygen atoms in total. The number of aliphatic carboxylic acids is 1. The second-order valence-corrected chi connectivity index (χ2v) is 12.4. The minimum absolute atomic E-state index is 0.0730. The fraction of sp³-hybridized carbons (Fsp3) is 0.786. The van der Waals surface area contributed by atoms with Crippen LogP contribution in [-0.2, 0) is 19.2 Å². The molecule has 0 aliphatic heterocycles. The summed E-state index contributed by atoms with van der Waals surface area (Å²) in [6.45, 7) is 9.23. The van der Waals surface area contributed by atoms with Crippen LogP contribution in [0.15, 0.2) is 16.8 Å². The molecule has 4 rings (SSSR count). The van der Waals surface area contributed by atoms with E-state index in [1.165, 1.54) is 5.57 Å². The van der Waals surface area contributed by atoms with E-state index < -0.39 is 23.5 Å². The van der Waals surface area contributed by atoms with E-state index in [0.717, 1.165) is 50.7 Å². The molecule has 36 heavy (non-hydrogen) atoms. The first-order valence-corrected chi connectivity index (χ1v) is 13.5. The second-order valence-electron chi connectivity index (χ2n) is 12.4. The molecule has 7 atom stereocenters. The molecule has 8 heteroatoms. The number of rotatable bonds is 7. The molecule has 0 aromatic rings. The van der Waals surface area contributed by atoms with E-state index in [0.29, 0.717) is 24.2 Å². The third-order valence-electron chi connectivity index (χ3n) is 10.3. The lowest BCUT2D eigenvalue weighted by Gasteiger charge is -2.59. The van der Waals surface area contributed by atoms with Crippen LogP contribution in [0, 0.1) is 34.5 Å². The Labute approximate surface area is 213 Å². The Morgan fingerprint density at radius 3 is 2.44 bits per heavy atom. The number of nitrogens with one attached hydrogen (secondary N) is 1. The molecule has 0 spiro atoms. The molecule has 0 saturated heterocycles. The Balaban J connectivity index is 1.42. The summed E-state index contributed by atoms with van der Waals surface area (Å²) in [7, 11) is 0. The number of carbonyl (C=O) groups excluding carboxylic acids is 2. The summed E-state index contributed by atoms with van der Waals surface area (Å²) in [5, 5.41) is 27.2. The average molecular weight is 503 g/mol. The number of carbonyl (C=O) groups is 3. The Morgan fingerprint density at radius 1 is 1.11 bits per heavy atom. The Bertz CT molecular complexity index is 989. The highest BCUT2D eigenvalue weighted by Gasteiger charge is 2.65. The Kier molecular flexibility index (Phi) is 7.14. The fourth-order valence-corrected chi connectivity index (χ4v) is 8.14. The second kappa shape index (κ2) is 9.58. The van der Waals surface area contributed by atoms with Crippen LogP contribution >= 0.6 is 0 Å². The molecule has 3 N–H and O–H groups in total. The van der Waals surface area contributed by atoms with Gasteiger partial charge in [-0.1, -0.05) is 38.4 Å². The van der Waals surface area contributed by atoms with Crippen LogP contribution in [-0.4, -0.2) is 51.8 Å². The van der Waals surface area contributed by atoms with Crippen LogP contribution in [0.5, 0.6) is 0 Å². The number of carboxylic acids is 1. The van der Waals surface area contributed by atoms with E-state index in [-0.39, 0.29) is 29.1 Å². The van der Waals surface area contributed by atoms with E-state index in [9.17, 15) is 24.6 Å². The summed E-state index contributed by atoms with van der Waals surface area (Å²) < 4.78 is 0. The molecule has 3 fully saturated rings. The molecule has 1 amide bonds. The fourth-order valence-electron chi connectivity index (χ4n) is 8.14. The molecule has 4 aliphatic carbocycles. The van der Waals surface area contributed by atoms with Gasteiger partial charge in [-0.15, -0.1) is 0 Å². The van der Waals surface area contributed by atoms with E-state index in [4.69, 9.17) is 4.84 Å². The van der Waals surface area contributed by atoms with Crippen molar-refractivity contribution >= 4 is 23.4 Å². The maximum Gasteiger partial charge on any atom is 0.326 e. The number of hydrogen-bond donors (Lipinski definition) is 3. The van der Waals surface area contributed by atoms with Crippen molar-refractivity contribution in [3.8, 4) is 0 Å². The number of fused-ring (bicyclic) bond motifs is 5. The van der Waals surface area contributed by atoms with Crippen molar-refractivity contribution in [1.29, 1.82) is 0 Å². The quantitative estimate of drug-likeness (QED) is 0.454. The molecule has 3 saturated carbocycles. The minimum atomic E-state index is -1.19. The zero-order chi connectivity index (χ0) is 26.5. The number of allylic oxidation sites excluding steroid dienone is 2. The van der Waals surface area contributed by atoms with Crippen molar-refractivity contribution in [2.45, 2.75) is 97.6 Å². The summed E-state index contributed by atoms with van der Waals surface area (Å²) in [6.07, 6.45) is 9.29. The van der Waals surface area contributed by atoms with Gasteiger partial charge in [0.1, 0.15) is 11.6 Å². The number of hydrogen-bond acceptors (Lipinski definition) is 6. The zero-order valence-corrected chi connectivity index (χ0v) is 22.3. The highest BCUT2D eigenvalue weighted by Crippen LogP contribution is 2.67. The number of nitrogens with zero attached hydrogens (tertiary/aromatic N) is 1. The van der Waals surface area contributed by atoms with E-state index in [1.54, 1.807) is 20.8 Å². The molecule has 0 aromatic heterocycles. The summed E-state index contributed by atoms with van der Waals surface area (Å²) in [5.41, 5.74) is 0.761. The van der Waals surface area contributed by atoms with Gasteiger partial charge in [-0.3, -0.25) is 9.59 Å². The largest absolute Gasteiger partial charge is 0.480 e. The normalized spacial score (nSPS) is 39.5. The Hall–Kier alpha value is -2.22. The van der Waals surface area contributed by atoms with Crippen LogP contribution in [0.2, 0.25) is 0 Å². The first-order valence-electron chi connectivity index (χ1n) is 13.5. The smallest absolute Gasteiger partial charge is 0.326 e. The highest BCUT2D eigenvalue weighted by atomic mass is 16.6. The maximum absolute atomic E-state index is 12.4. The lowest BCUT2D eigenvalue weighted by molar-refractivity contribution is -0.159. The predicted octanol–water partition coefficient (Wildman–Crippen LogP) is 3.87. The van der Waals surface area contributed by atoms with Gasteiger partial charge in [0.15, 0.2) is 12.4 Å². The van der Waals surface area contributed by atoms with Gasteiger partial charge in [0.05, 0.1) is 5.71 Å². The van der Waals surface area contributed by atoms with Crippen LogP contribution in [0.4, 0.5) is 0 Å².